The van der Waals surface area contributed by atoms with E-state index < -0.39 is 17.8 Å². The molecular formula is C21H26F3N4OS+. The lowest BCUT2D eigenvalue weighted by Gasteiger charge is -2.19. The molecule has 0 saturated heterocycles. The van der Waals surface area contributed by atoms with Crippen LogP contribution in [0.3, 0.4) is 0 Å². The molecule has 9 heteroatoms. The standard InChI is InChI=1S/C21H25F3N4OS/c1-3-27-19(13(2)10-25)15-9-18(30-12-15)20(29)28-16(11-26)8-14-6-4-5-7-17(14)21(22,23)24/h4-7,9-10,12,16H,3,8,11,25-26H2,1-2H3,(H,28,29)/p+1/t16-/m0/s1. The molecule has 0 spiro atoms. The number of rotatable bonds is 8. The summed E-state index contributed by atoms with van der Waals surface area (Å²) in [5.41, 5.74) is 13.2. The van der Waals surface area contributed by atoms with Gasteiger partial charge in [-0.1, -0.05) is 18.2 Å². The predicted octanol–water partition coefficient (Wildman–Crippen LogP) is 1.82. The van der Waals surface area contributed by atoms with Crippen LogP contribution in [0.4, 0.5) is 13.2 Å². The fraction of sp³-hybridized carbons (Fsp3) is 0.333. The average molecular weight is 440 g/mol. The lowest BCUT2D eigenvalue weighted by atomic mass is 9.99. The molecule has 2 aromatic rings. The highest BCUT2D eigenvalue weighted by Crippen LogP contribution is 2.32. The second-order valence-corrected chi connectivity index (χ2v) is 7.63. The van der Waals surface area contributed by atoms with Crippen LogP contribution in [0, 0.1) is 0 Å². The zero-order chi connectivity index (χ0) is 22.3. The summed E-state index contributed by atoms with van der Waals surface area (Å²) in [6, 6.07) is 6.40. The molecule has 0 fully saturated rings. The number of benzene rings is 1. The summed E-state index contributed by atoms with van der Waals surface area (Å²) in [6.07, 6.45) is -2.99. The van der Waals surface area contributed by atoms with Crippen LogP contribution in [0.1, 0.15) is 40.2 Å². The van der Waals surface area contributed by atoms with Crippen molar-refractivity contribution in [2.24, 2.45) is 11.5 Å². The fourth-order valence-electron chi connectivity index (χ4n) is 3.01. The van der Waals surface area contributed by atoms with Gasteiger partial charge in [0.15, 0.2) is 0 Å². The number of hydrogen-bond donors (Lipinski definition) is 4. The van der Waals surface area contributed by atoms with Crippen molar-refractivity contribution in [3.05, 3.63) is 69.1 Å². The van der Waals surface area contributed by atoms with Crippen molar-refractivity contribution in [1.29, 1.82) is 0 Å². The number of alkyl halides is 3. The molecule has 1 aromatic carbocycles. The van der Waals surface area contributed by atoms with Gasteiger partial charge in [-0.25, -0.2) is 4.99 Å². The molecule has 1 amide bonds. The third-order valence-electron chi connectivity index (χ3n) is 4.52. The van der Waals surface area contributed by atoms with Crippen LogP contribution >= 0.6 is 11.3 Å². The smallest absolute Gasteiger partial charge is 0.404 e. The van der Waals surface area contributed by atoms with Gasteiger partial charge >= 0.3 is 6.18 Å². The lowest BCUT2D eigenvalue weighted by Crippen LogP contribution is -2.72. The van der Waals surface area contributed by atoms with E-state index in [9.17, 15) is 18.0 Å². The Labute approximate surface area is 177 Å². The van der Waals surface area contributed by atoms with Gasteiger partial charge < -0.3 is 16.8 Å². The molecule has 0 aliphatic rings. The summed E-state index contributed by atoms with van der Waals surface area (Å²) in [7, 11) is 0. The lowest BCUT2D eigenvalue weighted by molar-refractivity contribution is -0.451. The summed E-state index contributed by atoms with van der Waals surface area (Å²) in [6.45, 7) is 4.51. The zero-order valence-corrected chi connectivity index (χ0v) is 17.7. The maximum atomic E-state index is 13.2. The number of allylic oxidation sites excluding steroid dienone is 1. The molecule has 0 unspecified atom stereocenters. The molecular weight excluding hydrogens is 413 g/mol. The number of nitrogens with two attached hydrogens (primary N) is 2. The number of carbonyl (C=O) groups is 1. The number of carbonyl (C=O) groups excluding carboxylic acids is 1. The highest BCUT2D eigenvalue weighted by Gasteiger charge is 2.33. The van der Waals surface area contributed by atoms with Gasteiger partial charge in [-0.2, -0.15) is 13.2 Å². The van der Waals surface area contributed by atoms with Crippen LogP contribution in [0.25, 0.3) is 0 Å². The largest absolute Gasteiger partial charge is 0.416 e. The first kappa shape index (κ1) is 23.6. The molecule has 0 aliphatic carbocycles. The van der Waals surface area contributed by atoms with E-state index in [0.717, 1.165) is 22.9 Å². The quantitative estimate of drug-likeness (QED) is 0.473. The average Bonchev–Trinajstić information content (AvgIpc) is 3.20. The second kappa shape index (κ2) is 10.4. The maximum absolute atomic E-state index is 13.2. The Balaban J connectivity index is 2.18. The van der Waals surface area contributed by atoms with Gasteiger partial charge in [0.25, 0.3) is 5.91 Å². The van der Waals surface area contributed by atoms with Crippen molar-refractivity contribution < 1.29 is 23.0 Å². The van der Waals surface area contributed by atoms with Crippen LogP contribution in [-0.2, 0) is 12.6 Å². The minimum Gasteiger partial charge on any atom is -0.404 e. The third kappa shape index (κ3) is 5.93. The van der Waals surface area contributed by atoms with Gasteiger partial charge in [-0.05, 0) is 38.0 Å². The first-order chi connectivity index (χ1) is 14.2. The van der Waals surface area contributed by atoms with Crippen molar-refractivity contribution in [2.45, 2.75) is 32.5 Å². The Morgan fingerprint density at radius 2 is 2.03 bits per heavy atom. The Bertz CT molecular complexity index is 934. The molecule has 30 heavy (non-hydrogen) atoms. The number of nitrogens with one attached hydrogen (secondary N) is 2. The number of amides is 1. The van der Waals surface area contributed by atoms with E-state index in [1.54, 1.807) is 6.07 Å². The van der Waals surface area contributed by atoms with Gasteiger partial charge in [0, 0.05) is 29.7 Å². The Hall–Kier alpha value is -2.65. The van der Waals surface area contributed by atoms with Crippen LogP contribution in [0.15, 0.2) is 47.5 Å². The summed E-state index contributed by atoms with van der Waals surface area (Å²) >= 11 is 1.24. The topological polar surface area (TPSA) is 95.1 Å². The van der Waals surface area contributed by atoms with E-state index in [1.807, 2.05) is 19.2 Å². The monoisotopic (exact) mass is 439 g/mol. The van der Waals surface area contributed by atoms with Gasteiger partial charge in [0.05, 0.1) is 16.0 Å². The van der Waals surface area contributed by atoms with E-state index in [0.29, 0.717) is 11.4 Å². The fourth-order valence-corrected chi connectivity index (χ4v) is 3.81. The molecule has 0 radical (unpaired) electrons. The van der Waals surface area contributed by atoms with E-state index in [2.05, 4.69) is 10.3 Å². The van der Waals surface area contributed by atoms with Gasteiger partial charge in [-0.3, -0.25) is 4.79 Å². The summed E-state index contributed by atoms with van der Waals surface area (Å²) < 4.78 is 39.7. The van der Waals surface area contributed by atoms with E-state index >= 15 is 0 Å². The molecule has 0 saturated carbocycles. The molecule has 2 rings (SSSR count). The predicted molar refractivity (Wildman–Crippen MR) is 113 cm³/mol. The van der Waals surface area contributed by atoms with Crippen LogP contribution in [-0.4, -0.2) is 30.8 Å². The summed E-state index contributed by atoms with van der Waals surface area (Å²) in [5, 5.41) is 4.58. The van der Waals surface area contributed by atoms with Crippen molar-refractivity contribution in [3.8, 4) is 0 Å². The van der Waals surface area contributed by atoms with E-state index in [-0.39, 0.29) is 24.4 Å². The van der Waals surface area contributed by atoms with Crippen molar-refractivity contribution in [1.82, 2.24) is 5.32 Å². The maximum Gasteiger partial charge on any atom is 0.416 e. The van der Waals surface area contributed by atoms with E-state index in [1.165, 1.54) is 35.7 Å². The number of hydrogen-bond acceptors (Lipinski definition) is 4. The van der Waals surface area contributed by atoms with Gasteiger partial charge in [-0.15, -0.1) is 11.3 Å². The first-order valence-electron chi connectivity index (χ1n) is 9.45. The molecule has 6 N–H and O–H groups in total. The van der Waals surface area contributed by atoms with Crippen molar-refractivity contribution >= 4 is 23.0 Å². The molecule has 0 aliphatic heterocycles. The normalized spacial score (nSPS) is 13.9. The Kier molecular flexibility index (Phi) is 8.19. The first-order valence-corrected chi connectivity index (χ1v) is 10.3. The Morgan fingerprint density at radius 1 is 1.33 bits per heavy atom. The van der Waals surface area contributed by atoms with Crippen molar-refractivity contribution in [2.75, 3.05) is 13.1 Å². The molecule has 0 bridgehead atoms. The highest BCUT2D eigenvalue weighted by atomic mass is 32.1. The van der Waals surface area contributed by atoms with Crippen LogP contribution < -0.4 is 21.8 Å². The number of halogens is 3. The Morgan fingerprint density at radius 3 is 2.63 bits per heavy atom. The molecule has 1 atom stereocenters. The molecule has 1 aromatic heterocycles. The summed E-state index contributed by atoms with van der Waals surface area (Å²) in [5.74, 6) is -0.378. The minimum absolute atomic E-state index is 0.0138. The van der Waals surface area contributed by atoms with Gasteiger partial charge in [0.1, 0.15) is 6.54 Å². The molecule has 1 heterocycles. The summed E-state index contributed by atoms with van der Waals surface area (Å²) in [4.78, 5) is 16.3. The zero-order valence-electron chi connectivity index (χ0n) is 16.8. The molecule has 162 valence electrons. The van der Waals surface area contributed by atoms with Crippen molar-refractivity contribution in [3.63, 3.8) is 0 Å². The third-order valence-corrected chi connectivity index (χ3v) is 5.45. The molecule has 5 nitrogen and oxygen atoms in total. The second-order valence-electron chi connectivity index (χ2n) is 6.72. The van der Waals surface area contributed by atoms with Crippen LogP contribution in [0.5, 0.6) is 0 Å². The minimum atomic E-state index is -4.46. The van der Waals surface area contributed by atoms with Crippen LogP contribution in [0.2, 0.25) is 0 Å². The van der Waals surface area contributed by atoms with Gasteiger partial charge in [0.2, 0.25) is 5.71 Å². The number of thiophene rings is 1. The SMILES string of the molecule is CC[NH+]=C(C(C)=CN)c1csc(C(=O)N[C@H](CN)Cc2ccccc2C(F)(F)F)c1. The highest BCUT2D eigenvalue weighted by molar-refractivity contribution is 7.12. The van der Waals surface area contributed by atoms with E-state index in [4.69, 9.17) is 11.5 Å².